The molecular formula is C13H16F2O2S. The maximum Gasteiger partial charge on any atom is 0.178 e. The highest BCUT2D eigenvalue weighted by Gasteiger charge is 2.23. The van der Waals surface area contributed by atoms with Crippen LogP contribution in [-0.2, 0) is 0 Å². The lowest BCUT2D eigenvalue weighted by Crippen LogP contribution is -2.23. The van der Waals surface area contributed by atoms with Crippen molar-refractivity contribution in [3.8, 4) is 0 Å². The van der Waals surface area contributed by atoms with E-state index >= 15 is 0 Å². The number of aliphatic hydroxyl groups excluding tert-OH is 1. The fourth-order valence-electron chi connectivity index (χ4n) is 1.41. The van der Waals surface area contributed by atoms with Crippen molar-refractivity contribution in [3.05, 3.63) is 35.4 Å². The van der Waals surface area contributed by atoms with Crippen LogP contribution in [0.25, 0.3) is 0 Å². The van der Waals surface area contributed by atoms with Crippen LogP contribution in [-0.4, -0.2) is 27.5 Å². The quantitative estimate of drug-likeness (QED) is 0.839. The molecule has 1 N–H and O–H groups in total. The molecule has 0 heterocycles. The molecule has 0 spiro atoms. The van der Waals surface area contributed by atoms with Gasteiger partial charge < -0.3 is 5.11 Å². The first kappa shape index (κ1) is 15.1. The summed E-state index contributed by atoms with van der Waals surface area (Å²) < 4.78 is 26.2. The first-order chi connectivity index (χ1) is 8.32. The number of aliphatic hydroxyl groups is 1. The van der Waals surface area contributed by atoms with Gasteiger partial charge in [-0.25, -0.2) is 8.78 Å². The number of thioether (sulfide) groups is 1. The Morgan fingerprint density at radius 3 is 2.39 bits per heavy atom. The Hall–Kier alpha value is -0.940. The third-order valence-corrected chi connectivity index (χ3v) is 4.11. The first-order valence-electron chi connectivity index (χ1n) is 5.65. The van der Waals surface area contributed by atoms with E-state index in [1.165, 1.54) is 11.8 Å². The molecule has 3 atom stereocenters. The first-order valence-corrected chi connectivity index (χ1v) is 6.60. The predicted molar refractivity (Wildman–Crippen MR) is 68.9 cm³/mol. The third-order valence-electron chi connectivity index (χ3n) is 2.66. The van der Waals surface area contributed by atoms with Crippen molar-refractivity contribution in [2.75, 3.05) is 0 Å². The molecule has 0 aliphatic heterocycles. The second-order valence-electron chi connectivity index (χ2n) is 4.21. The molecule has 100 valence electrons. The van der Waals surface area contributed by atoms with Crippen LogP contribution in [0, 0.1) is 11.6 Å². The number of hydrogen-bond acceptors (Lipinski definition) is 3. The minimum atomic E-state index is -0.850. The molecule has 0 saturated carbocycles. The van der Waals surface area contributed by atoms with Crippen LogP contribution < -0.4 is 0 Å². The molecule has 1 aromatic rings. The number of carbonyl (C=O) groups is 1. The minimum Gasteiger partial charge on any atom is -0.392 e. The summed E-state index contributed by atoms with van der Waals surface area (Å²) in [4.78, 5) is 12.0. The zero-order chi connectivity index (χ0) is 13.9. The number of carbonyl (C=O) groups excluding carboxylic acids is 1. The topological polar surface area (TPSA) is 37.3 Å². The monoisotopic (exact) mass is 274 g/mol. The van der Waals surface area contributed by atoms with Gasteiger partial charge in [0.2, 0.25) is 0 Å². The van der Waals surface area contributed by atoms with Gasteiger partial charge in [0.05, 0.1) is 16.9 Å². The van der Waals surface area contributed by atoms with E-state index in [0.717, 1.165) is 12.1 Å². The molecule has 0 bridgehead atoms. The number of hydrogen-bond donors (Lipinski definition) is 1. The number of ketones is 1. The average Bonchev–Trinajstić information content (AvgIpc) is 2.27. The van der Waals surface area contributed by atoms with E-state index in [9.17, 15) is 18.7 Å². The predicted octanol–water partition coefficient (Wildman–Crippen LogP) is 3.04. The fraction of sp³-hybridized carbons (Fsp3) is 0.462. The normalized spacial score (nSPS) is 16.1. The van der Waals surface area contributed by atoms with Crippen LogP contribution in [0.2, 0.25) is 0 Å². The maximum absolute atomic E-state index is 13.4. The zero-order valence-electron chi connectivity index (χ0n) is 10.5. The highest BCUT2D eigenvalue weighted by atomic mass is 32.2. The van der Waals surface area contributed by atoms with E-state index in [2.05, 4.69) is 0 Å². The molecule has 18 heavy (non-hydrogen) atoms. The van der Waals surface area contributed by atoms with Crippen molar-refractivity contribution in [1.82, 2.24) is 0 Å². The van der Waals surface area contributed by atoms with E-state index in [4.69, 9.17) is 0 Å². The summed E-state index contributed by atoms with van der Waals surface area (Å²) in [5, 5.41) is 8.73. The molecule has 0 fully saturated rings. The summed E-state index contributed by atoms with van der Waals surface area (Å²) in [6.07, 6.45) is -0.552. The summed E-state index contributed by atoms with van der Waals surface area (Å²) in [7, 11) is 0. The molecule has 0 aliphatic rings. The van der Waals surface area contributed by atoms with Crippen molar-refractivity contribution in [2.24, 2.45) is 0 Å². The van der Waals surface area contributed by atoms with Crippen LogP contribution in [0.5, 0.6) is 0 Å². The highest BCUT2D eigenvalue weighted by Crippen LogP contribution is 2.24. The number of benzene rings is 1. The molecule has 1 rings (SSSR count). The van der Waals surface area contributed by atoms with Gasteiger partial charge in [0.25, 0.3) is 0 Å². The Labute approximate surface area is 109 Å². The third kappa shape index (κ3) is 3.78. The molecule has 2 nitrogen and oxygen atoms in total. The van der Waals surface area contributed by atoms with Crippen LogP contribution in [0.3, 0.4) is 0 Å². The molecule has 0 aromatic heterocycles. The van der Waals surface area contributed by atoms with Gasteiger partial charge in [-0.15, -0.1) is 11.8 Å². The van der Waals surface area contributed by atoms with Crippen molar-refractivity contribution in [3.63, 3.8) is 0 Å². The van der Waals surface area contributed by atoms with Gasteiger partial charge in [-0.2, -0.15) is 0 Å². The Morgan fingerprint density at radius 1 is 1.28 bits per heavy atom. The second-order valence-corrected chi connectivity index (χ2v) is 5.94. The summed E-state index contributed by atoms with van der Waals surface area (Å²) in [5.41, 5.74) is -0.116. The summed E-state index contributed by atoms with van der Waals surface area (Å²) in [5.74, 6) is -1.95. The van der Waals surface area contributed by atoms with Gasteiger partial charge in [0.15, 0.2) is 5.78 Å². The molecule has 3 unspecified atom stereocenters. The molecule has 0 saturated heterocycles. The lowest BCUT2D eigenvalue weighted by Gasteiger charge is -2.18. The Morgan fingerprint density at radius 2 is 1.89 bits per heavy atom. The minimum absolute atomic E-state index is 0.116. The van der Waals surface area contributed by atoms with Crippen molar-refractivity contribution in [1.29, 1.82) is 0 Å². The van der Waals surface area contributed by atoms with E-state index in [1.54, 1.807) is 20.8 Å². The summed E-state index contributed by atoms with van der Waals surface area (Å²) in [6, 6.07) is 2.91. The number of Topliss-reactive ketones (excluding diaryl/α,β-unsaturated/α-hetero) is 1. The molecule has 0 aliphatic carbocycles. The lowest BCUT2D eigenvalue weighted by atomic mass is 10.1. The highest BCUT2D eigenvalue weighted by molar-refractivity contribution is 8.01. The van der Waals surface area contributed by atoms with E-state index in [1.807, 2.05) is 0 Å². The lowest BCUT2D eigenvalue weighted by molar-refractivity contribution is 0.0989. The smallest absolute Gasteiger partial charge is 0.178 e. The Balaban J connectivity index is 2.80. The molecule has 1 aromatic carbocycles. The number of rotatable bonds is 5. The molecule has 0 amide bonds. The largest absolute Gasteiger partial charge is 0.392 e. The van der Waals surface area contributed by atoms with Gasteiger partial charge in [0.1, 0.15) is 11.6 Å². The van der Waals surface area contributed by atoms with Gasteiger partial charge in [-0.1, -0.05) is 6.92 Å². The van der Waals surface area contributed by atoms with Gasteiger partial charge in [-0.3, -0.25) is 4.79 Å². The SMILES string of the molecule is CC(SC(C)C(C)O)C(=O)c1ccc(F)cc1F. The van der Waals surface area contributed by atoms with E-state index in [-0.39, 0.29) is 10.8 Å². The van der Waals surface area contributed by atoms with Crippen LogP contribution >= 0.6 is 11.8 Å². The second kappa shape index (κ2) is 6.29. The van der Waals surface area contributed by atoms with E-state index in [0.29, 0.717) is 6.07 Å². The van der Waals surface area contributed by atoms with Gasteiger partial charge in [0, 0.05) is 11.3 Å². The summed E-state index contributed by atoms with van der Waals surface area (Å²) in [6.45, 7) is 5.07. The van der Waals surface area contributed by atoms with Gasteiger partial charge in [-0.05, 0) is 26.0 Å². The Kier molecular flexibility index (Phi) is 5.28. The van der Waals surface area contributed by atoms with E-state index < -0.39 is 28.8 Å². The van der Waals surface area contributed by atoms with Crippen molar-refractivity contribution in [2.45, 2.75) is 37.4 Å². The summed E-state index contributed by atoms with van der Waals surface area (Å²) >= 11 is 1.26. The molecule has 5 heteroatoms. The van der Waals surface area contributed by atoms with Crippen molar-refractivity contribution >= 4 is 17.5 Å². The van der Waals surface area contributed by atoms with Crippen LogP contribution in [0.4, 0.5) is 8.78 Å². The Bertz CT molecular complexity index is 435. The fourth-order valence-corrected chi connectivity index (χ4v) is 2.53. The van der Waals surface area contributed by atoms with Crippen LogP contribution in [0.15, 0.2) is 18.2 Å². The standard InChI is InChI=1S/C13H16F2O2S/c1-7(16)8(2)18-9(3)13(17)11-5-4-10(14)6-12(11)15/h4-9,16H,1-3H3. The van der Waals surface area contributed by atoms with Crippen molar-refractivity contribution < 1.29 is 18.7 Å². The van der Waals surface area contributed by atoms with Gasteiger partial charge >= 0.3 is 0 Å². The molecular weight excluding hydrogens is 258 g/mol. The average molecular weight is 274 g/mol. The zero-order valence-corrected chi connectivity index (χ0v) is 11.3. The number of halogens is 2. The van der Waals surface area contributed by atoms with Crippen LogP contribution in [0.1, 0.15) is 31.1 Å². The maximum atomic E-state index is 13.4. The molecule has 0 radical (unpaired) electrons.